The largest absolute Gasteiger partial charge is 1.00 e. The molecule has 0 atom stereocenters. The van der Waals surface area contributed by atoms with Gasteiger partial charge in [-0.3, -0.25) is 0 Å². The molecule has 0 amide bonds. The molecule has 5 rings (SSSR count). The third kappa shape index (κ3) is 9.34. The zero-order chi connectivity index (χ0) is 26.5. The van der Waals surface area contributed by atoms with Crippen molar-refractivity contribution in [3.8, 4) is 11.1 Å². The topological polar surface area (TPSA) is 0 Å². The number of fused-ring (bicyclic) bond motifs is 3. The molecule has 0 saturated heterocycles. The summed E-state index contributed by atoms with van der Waals surface area (Å²) in [4.78, 5) is 0. The molecular formula is C34H40Cl2SiZr-2. The van der Waals surface area contributed by atoms with Gasteiger partial charge in [-0.05, 0) is 6.42 Å². The van der Waals surface area contributed by atoms with Crippen LogP contribution in [-0.2, 0) is 36.1 Å². The van der Waals surface area contributed by atoms with Crippen LogP contribution in [0.2, 0.25) is 19.6 Å². The van der Waals surface area contributed by atoms with Crippen LogP contribution in [0.25, 0.3) is 11.1 Å². The molecule has 0 spiro atoms. The number of aryl methyl sites for hydroxylation is 2. The second kappa shape index (κ2) is 14.8. The van der Waals surface area contributed by atoms with Crippen molar-refractivity contribution in [3.05, 3.63) is 118 Å². The minimum absolute atomic E-state index is 0. The summed E-state index contributed by atoms with van der Waals surface area (Å²) in [5.41, 5.74) is 11.4. The van der Waals surface area contributed by atoms with Gasteiger partial charge in [-0.15, -0.1) is 5.56 Å². The first-order chi connectivity index (χ1) is 16.9. The van der Waals surface area contributed by atoms with Gasteiger partial charge in [-0.2, -0.15) is 52.2 Å². The SMILES string of the molecule is CC(C)(C)c1ccc([CH]=[Zr+2])cc1.Cc1cc([Si](C)(C)C)c(C)[cH-]1.[Cl-].[Cl-].[c-]1cccc2c1Cc1ccccc1-2. The first-order valence-corrected chi connectivity index (χ1v) is 17.8. The van der Waals surface area contributed by atoms with E-state index in [9.17, 15) is 0 Å². The van der Waals surface area contributed by atoms with Crippen molar-refractivity contribution in [2.75, 3.05) is 0 Å². The molecule has 0 N–H and O–H groups in total. The molecule has 4 heteroatoms. The minimum atomic E-state index is -1.06. The van der Waals surface area contributed by atoms with E-state index in [1.807, 2.05) is 6.07 Å². The zero-order valence-corrected chi connectivity index (χ0v) is 29.0. The van der Waals surface area contributed by atoms with Gasteiger partial charge in [0.15, 0.2) is 0 Å². The summed E-state index contributed by atoms with van der Waals surface area (Å²) in [5, 5.41) is 1.62. The molecule has 38 heavy (non-hydrogen) atoms. The third-order valence-corrected chi connectivity index (χ3v) is 9.58. The van der Waals surface area contributed by atoms with Crippen molar-refractivity contribution in [2.45, 2.75) is 66.1 Å². The Hall–Kier alpha value is -1.44. The molecule has 0 aromatic heterocycles. The molecule has 0 nitrogen and oxygen atoms in total. The van der Waals surface area contributed by atoms with Gasteiger partial charge in [0.2, 0.25) is 0 Å². The van der Waals surface area contributed by atoms with Gasteiger partial charge in [0.1, 0.15) is 0 Å². The van der Waals surface area contributed by atoms with E-state index >= 15 is 0 Å². The van der Waals surface area contributed by atoms with Crippen molar-refractivity contribution in [1.29, 1.82) is 0 Å². The fourth-order valence-corrected chi connectivity index (χ4v) is 7.08. The summed E-state index contributed by atoms with van der Waals surface area (Å²) in [6, 6.07) is 31.6. The molecule has 1 aliphatic carbocycles. The van der Waals surface area contributed by atoms with E-state index < -0.39 is 8.07 Å². The van der Waals surface area contributed by atoms with Crippen LogP contribution in [0.4, 0.5) is 0 Å². The van der Waals surface area contributed by atoms with Crippen LogP contribution in [0.15, 0.2) is 78.9 Å². The molecule has 0 fully saturated rings. The second-order valence-corrected chi connectivity index (χ2v) is 17.5. The number of benzene rings is 3. The molecule has 0 saturated carbocycles. The number of rotatable bonds is 2. The average Bonchev–Trinajstić information content (AvgIpc) is 3.38. The molecule has 200 valence electrons. The van der Waals surface area contributed by atoms with Crippen LogP contribution in [0.5, 0.6) is 0 Å². The van der Waals surface area contributed by atoms with Gasteiger partial charge in [0, 0.05) is 8.07 Å². The fraction of sp³-hybridized carbons (Fsp3) is 0.294. The van der Waals surface area contributed by atoms with E-state index in [-0.39, 0.29) is 30.2 Å². The molecule has 0 heterocycles. The molecule has 0 radical (unpaired) electrons. The molecule has 1 aliphatic rings. The maximum Gasteiger partial charge on any atom is 0.00418 e. The molecule has 0 aliphatic heterocycles. The Morgan fingerprint density at radius 2 is 1.47 bits per heavy atom. The standard InChI is InChI=1S/C13H9.C11H14.C10H17Si.2ClH.Zr/c1-3-7-12-10(5-1)9-11-6-2-4-8-13(11)12;1-9-5-7-10(8-6-9)11(2,3)4;1-8-6-9(2)10(7-8)11(3,4)5;;;/h1-5,7-8H,9H2;1,5-8H,2-4H3;6-7H,1-5H3;2*1H;/q-1;;-1;;;+2/p-2. The van der Waals surface area contributed by atoms with Crippen molar-refractivity contribution < 1.29 is 49.0 Å². The van der Waals surface area contributed by atoms with E-state index in [1.54, 1.807) is 5.19 Å². The number of halogens is 2. The van der Waals surface area contributed by atoms with Gasteiger partial charge in [-0.1, -0.05) is 68.9 Å². The predicted octanol–water partition coefficient (Wildman–Crippen LogP) is 2.31. The van der Waals surface area contributed by atoms with Gasteiger partial charge in [0.25, 0.3) is 0 Å². The fourth-order valence-electron chi connectivity index (χ4n) is 4.69. The monoisotopic (exact) mass is 636 g/mol. The molecular weight excluding hydrogens is 599 g/mol. The first-order valence-electron chi connectivity index (χ1n) is 12.8. The quantitative estimate of drug-likeness (QED) is 0.206. The van der Waals surface area contributed by atoms with Gasteiger partial charge in [0.05, 0.1) is 0 Å². The molecule has 0 bridgehead atoms. The Morgan fingerprint density at radius 1 is 0.868 bits per heavy atom. The van der Waals surface area contributed by atoms with Crippen LogP contribution < -0.4 is 30.0 Å². The molecule has 4 aromatic rings. The van der Waals surface area contributed by atoms with Crippen molar-refractivity contribution >= 4 is 17.0 Å². The Morgan fingerprint density at radius 3 is 1.97 bits per heavy atom. The predicted molar refractivity (Wildman–Crippen MR) is 158 cm³/mol. The van der Waals surface area contributed by atoms with Gasteiger partial charge in [-0.25, -0.2) is 6.07 Å². The minimum Gasteiger partial charge on any atom is -1.00 e. The van der Waals surface area contributed by atoms with Gasteiger partial charge < -0.3 is 24.8 Å². The van der Waals surface area contributed by atoms with E-state index in [0.717, 1.165) is 6.42 Å². The average molecular weight is 639 g/mol. The summed E-state index contributed by atoms with van der Waals surface area (Å²) >= 11 is 1.46. The van der Waals surface area contributed by atoms with Gasteiger partial charge >= 0.3 is 89.5 Å². The van der Waals surface area contributed by atoms with Crippen LogP contribution in [0, 0.1) is 19.9 Å². The second-order valence-electron chi connectivity index (χ2n) is 11.8. The third-order valence-electron chi connectivity index (χ3n) is 6.61. The zero-order valence-electron chi connectivity index (χ0n) is 24.0. The summed E-state index contributed by atoms with van der Waals surface area (Å²) < 4.78 is 2.21. The van der Waals surface area contributed by atoms with E-state index in [2.05, 4.69) is 137 Å². The van der Waals surface area contributed by atoms with E-state index in [0.29, 0.717) is 0 Å². The summed E-state index contributed by atoms with van der Waals surface area (Å²) in [6.45, 7) is 18.3. The van der Waals surface area contributed by atoms with Crippen molar-refractivity contribution in [2.24, 2.45) is 0 Å². The summed E-state index contributed by atoms with van der Waals surface area (Å²) in [5.74, 6) is 0. The van der Waals surface area contributed by atoms with Crippen molar-refractivity contribution in [3.63, 3.8) is 0 Å². The number of hydrogen-bond acceptors (Lipinski definition) is 0. The summed E-state index contributed by atoms with van der Waals surface area (Å²) in [6.07, 6.45) is 1.05. The molecule has 4 aromatic carbocycles. The van der Waals surface area contributed by atoms with Crippen LogP contribution in [0.3, 0.4) is 0 Å². The smallest absolute Gasteiger partial charge is 0.00418 e. The maximum absolute atomic E-state index is 3.30. The molecule has 0 unspecified atom stereocenters. The van der Waals surface area contributed by atoms with Crippen LogP contribution in [0.1, 0.15) is 54.2 Å². The van der Waals surface area contributed by atoms with Crippen LogP contribution >= 0.6 is 0 Å². The normalized spacial score (nSPS) is 11.3. The van der Waals surface area contributed by atoms with Crippen LogP contribution in [-0.4, -0.2) is 11.8 Å². The first kappa shape index (κ1) is 34.6. The maximum atomic E-state index is 3.30. The Labute approximate surface area is 259 Å². The summed E-state index contributed by atoms with van der Waals surface area (Å²) in [7, 11) is -1.06. The van der Waals surface area contributed by atoms with E-state index in [1.165, 1.54) is 68.7 Å². The number of hydrogen-bond donors (Lipinski definition) is 0. The Balaban J connectivity index is 0.000000279. The Kier molecular flexibility index (Phi) is 13.5. The van der Waals surface area contributed by atoms with Crippen molar-refractivity contribution in [1.82, 2.24) is 0 Å². The Bertz CT molecular complexity index is 1260. The van der Waals surface area contributed by atoms with E-state index in [4.69, 9.17) is 0 Å².